The molecular formula is C12H13FINOS. The van der Waals surface area contributed by atoms with Gasteiger partial charge in [-0.1, -0.05) is 0 Å². The second-order valence-electron chi connectivity index (χ2n) is 4.01. The van der Waals surface area contributed by atoms with Gasteiger partial charge in [0.1, 0.15) is 5.82 Å². The summed E-state index contributed by atoms with van der Waals surface area (Å²) in [6, 6.07) is 4.50. The number of rotatable bonds is 2. The lowest BCUT2D eigenvalue weighted by Crippen LogP contribution is -2.38. The average Bonchev–Trinajstić information content (AvgIpc) is 2.30. The molecule has 1 unspecified atom stereocenters. The highest BCUT2D eigenvalue weighted by Crippen LogP contribution is 2.18. The van der Waals surface area contributed by atoms with Crippen LogP contribution in [0.5, 0.6) is 0 Å². The zero-order valence-electron chi connectivity index (χ0n) is 9.21. The Labute approximate surface area is 118 Å². The number of nitrogens with one attached hydrogen (secondary N) is 1. The fourth-order valence-electron chi connectivity index (χ4n) is 1.79. The minimum absolute atomic E-state index is 0.0955. The van der Waals surface area contributed by atoms with Crippen LogP contribution in [0.25, 0.3) is 0 Å². The second-order valence-corrected chi connectivity index (χ2v) is 6.32. The molecular weight excluding hydrogens is 352 g/mol. The molecule has 0 spiro atoms. The van der Waals surface area contributed by atoms with E-state index in [1.54, 1.807) is 6.07 Å². The third-order valence-corrected chi connectivity index (χ3v) is 4.78. The van der Waals surface area contributed by atoms with Gasteiger partial charge in [-0.2, -0.15) is 11.8 Å². The van der Waals surface area contributed by atoms with Crippen LogP contribution in [0.4, 0.5) is 4.39 Å². The van der Waals surface area contributed by atoms with Gasteiger partial charge in [0.05, 0.1) is 5.56 Å². The monoisotopic (exact) mass is 365 g/mol. The average molecular weight is 365 g/mol. The van der Waals surface area contributed by atoms with E-state index in [2.05, 4.69) is 5.32 Å². The Morgan fingerprint density at radius 1 is 1.53 bits per heavy atom. The van der Waals surface area contributed by atoms with Crippen molar-refractivity contribution in [2.45, 2.75) is 18.9 Å². The first-order valence-electron chi connectivity index (χ1n) is 5.50. The number of thioether (sulfide) groups is 1. The zero-order chi connectivity index (χ0) is 12.3. The maximum absolute atomic E-state index is 12.9. The normalized spacial score (nSPS) is 20.0. The Bertz CT molecular complexity index is 421. The van der Waals surface area contributed by atoms with E-state index in [-0.39, 0.29) is 17.8 Å². The summed E-state index contributed by atoms with van der Waals surface area (Å²) < 4.78 is 13.6. The summed E-state index contributed by atoms with van der Waals surface area (Å²) in [6.45, 7) is 0. The smallest absolute Gasteiger partial charge is 0.252 e. The minimum Gasteiger partial charge on any atom is -0.348 e. The molecule has 1 aromatic rings. The summed E-state index contributed by atoms with van der Waals surface area (Å²) in [5.41, 5.74) is 0.558. The van der Waals surface area contributed by atoms with E-state index in [4.69, 9.17) is 0 Å². The Morgan fingerprint density at radius 3 is 3.00 bits per heavy atom. The maximum Gasteiger partial charge on any atom is 0.252 e. The molecule has 1 aliphatic rings. The summed E-state index contributed by atoms with van der Waals surface area (Å²) in [4.78, 5) is 12.0. The van der Waals surface area contributed by atoms with Crippen LogP contribution < -0.4 is 5.32 Å². The highest BCUT2D eigenvalue weighted by molar-refractivity contribution is 14.1. The number of halogens is 2. The predicted octanol–water partition coefficient (Wildman–Crippen LogP) is 3.06. The van der Waals surface area contributed by atoms with Crippen molar-refractivity contribution in [3.05, 3.63) is 33.1 Å². The van der Waals surface area contributed by atoms with Crippen molar-refractivity contribution >= 4 is 40.3 Å². The van der Waals surface area contributed by atoms with Crippen molar-refractivity contribution in [3.8, 4) is 0 Å². The molecule has 0 aliphatic carbocycles. The van der Waals surface area contributed by atoms with E-state index in [0.29, 0.717) is 9.13 Å². The molecule has 1 aliphatic heterocycles. The molecule has 1 atom stereocenters. The van der Waals surface area contributed by atoms with Crippen LogP contribution in [-0.4, -0.2) is 23.5 Å². The number of carbonyl (C=O) groups excluding carboxylic acids is 1. The van der Waals surface area contributed by atoms with Gasteiger partial charge in [-0.15, -0.1) is 0 Å². The van der Waals surface area contributed by atoms with Crippen molar-refractivity contribution in [1.29, 1.82) is 0 Å². The van der Waals surface area contributed by atoms with Crippen molar-refractivity contribution in [3.63, 3.8) is 0 Å². The summed E-state index contributed by atoms with van der Waals surface area (Å²) in [7, 11) is 0. The molecule has 0 bridgehead atoms. The molecule has 1 amide bonds. The molecule has 92 valence electrons. The maximum atomic E-state index is 12.9. The Hall–Kier alpha value is -0.300. The Kier molecular flexibility index (Phi) is 4.67. The molecule has 1 aromatic carbocycles. The van der Waals surface area contributed by atoms with Crippen LogP contribution >= 0.6 is 34.4 Å². The summed E-state index contributed by atoms with van der Waals surface area (Å²) in [5, 5.41) is 3.01. The highest BCUT2D eigenvalue weighted by Gasteiger charge is 2.18. The zero-order valence-corrected chi connectivity index (χ0v) is 12.2. The standard InChI is InChI=1S/C12H13FINOS/c13-8-3-4-10(11(14)6-8)12(16)15-9-2-1-5-17-7-9/h3-4,6,9H,1-2,5,7H2,(H,15,16). The largest absolute Gasteiger partial charge is 0.348 e. The van der Waals surface area contributed by atoms with Crippen molar-refractivity contribution in [2.75, 3.05) is 11.5 Å². The molecule has 0 aromatic heterocycles. The number of carbonyl (C=O) groups is 1. The van der Waals surface area contributed by atoms with Gasteiger partial charge in [0.15, 0.2) is 0 Å². The van der Waals surface area contributed by atoms with Crippen LogP contribution in [0, 0.1) is 9.39 Å². The van der Waals surface area contributed by atoms with Crippen LogP contribution in [-0.2, 0) is 0 Å². The van der Waals surface area contributed by atoms with E-state index >= 15 is 0 Å². The van der Waals surface area contributed by atoms with E-state index in [1.807, 2.05) is 34.4 Å². The summed E-state index contributed by atoms with van der Waals surface area (Å²) >= 11 is 3.86. The first-order chi connectivity index (χ1) is 8.16. The highest BCUT2D eigenvalue weighted by atomic mass is 127. The fourth-order valence-corrected chi connectivity index (χ4v) is 3.59. The number of benzene rings is 1. The van der Waals surface area contributed by atoms with Gasteiger partial charge in [0.2, 0.25) is 0 Å². The van der Waals surface area contributed by atoms with Crippen molar-refractivity contribution < 1.29 is 9.18 Å². The lowest BCUT2D eigenvalue weighted by atomic mass is 10.1. The van der Waals surface area contributed by atoms with Gasteiger partial charge >= 0.3 is 0 Å². The van der Waals surface area contributed by atoms with Crippen LogP contribution in [0.3, 0.4) is 0 Å². The fraction of sp³-hybridized carbons (Fsp3) is 0.417. The SMILES string of the molecule is O=C(NC1CCCSC1)c1ccc(F)cc1I. The van der Waals surface area contributed by atoms with Gasteiger partial charge in [-0.05, 0) is 59.4 Å². The minimum atomic E-state index is -0.306. The van der Waals surface area contributed by atoms with Crippen LogP contribution in [0.2, 0.25) is 0 Å². The van der Waals surface area contributed by atoms with E-state index in [1.165, 1.54) is 17.9 Å². The first kappa shape index (κ1) is 13.1. The molecule has 1 saturated heterocycles. The summed E-state index contributed by atoms with van der Waals surface area (Å²) in [5.74, 6) is 1.75. The van der Waals surface area contributed by atoms with Gasteiger partial charge < -0.3 is 5.32 Å². The van der Waals surface area contributed by atoms with Crippen LogP contribution in [0.15, 0.2) is 18.2 Å². The van der Waals surface area contributed by atoms with E-state index in [0.717, 1.165) is 18.6 Å². The molecule has 17 heavy (non-hydrogen) atoms. The third kappa shape index (κ3) is 3.58. The topological polar surface area (TPSA) is 29.1 Å². The summed E-state index contributed by atoms with van der Waals surface area (Å²) in [6.07, 6.45) is 2.19. The Balaban J connectivity index is 2.03. The van der Waals surface area contributed by atoms with Crippen LogP contribution in [0.1, 0.15) is 23.2 Å². The third-order valence-electron chi connectivity index (χ3n) is 2.67. The van der Waals surface area contributed by atoms with E-state index in [9.17, 15) is 9.18 Å². The molecule has 2 nitrogen and oxygen atoms in total. The van der Waals surface area contributed by atoms with Gasteiger partial charge in [0.25, 0.3) is 5.91 Å². The lowest BCUT2D eigenvalue weighted by molar-refractivity contribution is 0.0937. The molecule has 1 heterocycles. The molecule has 0 saturated carbocycles. The van der Waals surface area contributed by atoms with Gasteiger partial charge in [0, 0.05) is 15.4 Å². The number of hydrogen-bond donors (Lipinski definition) is 1. The lowest BCUT2D eigenvalue weighted by Gasteiger charge is -2.22. The molecule has 0 radical (unpaired) electrons. The number of hydrogen-bond acceptors (Lipinski definition) is 2. The van der Waals surface area contributed by atoms with Crippen molar-refractivity contribution in [2.24, 2.45) is 0 Å². The molecule has 1 fully saturated rings. The number of amides is 1. The first-order valence-corrected chi connectivity index (χ1v) is 7.74. The van der Waals surface area contributed by atoms with E-state index < -0.39 is 0 Å². The Morgan fingerprint density at radius 2 is 2.35 bits per heavy atom. The molecule has 2 rings (SSSR count). The quantitative estimate of drug-likeness (QED) is 0.817. The molecule has 1 N–H and O–H groups in total. The van der Waals surface area contributed by atoms with Gasteiger partial charge in [-0.3, -0.25) is 4.79 Å². The molecule has 5 heteroatoms. The second kappa shape index (κ2) is 6.04. The van der Waals surface area contributed by atoms with Gasteiger partial charge in [-0.25, -0.2) is 4.39 Å². The van der Waals surface area contributed by atoms with Crippen molar-refractivity contribution in [1.82, 2.24) is 5.32 Å². The predicted molar refractivity (Wildman–Crippen MR) is 76.9 cm³/mol.